The molecule has 2 amide bonds. The number of nitrogens with two attached hydrogens (primary N) is 2. The predicted octanol–water partition coefficient (Wildman–Crippen LogP) is -2.93. The molecular weight excluding hydrogens is 591 g/mol. The number of halogens is 2. The van der Waals surface area contributed by atoms with E-state index in [1.807, 2.05) is 29.2 Å². The second-order valence-electron chi connectivity index (χ2n) is 7.72. The summed E-state index contributed by atoms with van der Waals surface area (Å²) >= 11 is 5.87. The number of aryl methyl sites for hydroxylation is 2. The molecule has 1 aromatic carbocycles. The van der Waals surface area contributed by atoms with Gasteiger partial charge < -0.3 is 50.8 Å². The van der Waals surface area contributed by atoms with Crippen LogP contribution in [0.1, 0.15) is 40.0 Å². The molecule has 14 heteroatoms. The topological polar surface area (TPSA) is 171 Å². The van der Waals surface area contributed by atoms with Crippen LogP contribution in [-0.4, -0.2) is 45.0 Å². The molecule has 1 saturated heterocycles. The van der Waals surface area contributed by atoms with Gasteiger partial charge in [0.15, 0.2) is 33.5 Å². The lowest BCUT2D eigenvalue weighted by molar-refractivity contribution is -0.654. The van der Waals surface area contributed by atoms with Crippen LogP contribution in [0.3, 0.4) is 0 Å². The van der Waals surface area contributed by atoms with Gasteiger partial charge in [0.05, 0.1) is 20.2 Å². The minimum atomic E-state index is -0.639. The van der Waals surface area contributed by atoms with Crippen LogP contribution in [0.15, 0.2) is 18.2 Å². The van der Waals surface area contributed by atoms with E-state index in [1.165, 1.54) is 0 Å². The molecule has 1 fully saturated rings. The number of ether oxygens (including phenoxy) is 1. The van der Waals surface area contributed by atoms with Crippen molar-refractivity contribution < 1.29 is 47.7 Å². The zero-order valence-electron chi connectivity index (χ0n) is 19.0. The van der Waals surface area contributed by atoms with Gasteiger partial charge in [0.2, 0.25) is 0 Å². The Balaban J connectivity index is 0.00000342. The molecule has 1 aliphatic rings. The molecule has 0 aliphatic carbocycles. The number of carbonyl (C=O) groups is 3. The van der Waals surface area contributed by atoms with Gasteiger partial charge in [-0.1, -0.05) is 11.6 Å². The van der Waals surface area contributed by atoms with Crippen LogP contribution < -0.4 is 50.6 Å². The fraction of sp³-hybridized carbons (Fsp3) is 0.333. The molecule has 0 radical (unpaired) electrons. The highest BCUT2D eigenvalue weighted by atomic mass is 127. The lowest BCUT2D eigenvalue weighted by Crippen LogP contribution is -3.00. The van der Waals surface area contributed by atoms with Crippen LogP contribution in [0.4, 0.5) is 11.6 Å². The minimum absolute atomic E-state index is 0. The monoisotopic (exact) mass is 614 g/mol. The molecule has 6 N–H and O–H groups in total. The van der Waals surface area contributed by atoms with E-state index in [-0.39, 0.29) is 58.9 Å². The molecule has 0 saturated carbocycles. The maximum absolute atomic E-state index is 12.7. The number of nitrogens with zero attached hydrogens (tertiary/aromatic N) is 4. The quantitative estimate of drug-likeness (QED) is 0.130. The summed E-state index contributed by atoms with van der Waals surface area (Å²) in [6.45, 7) is 2.98. The lowest BCUT2D eigenvalue weighted by atomic mass is 10.1. The van der Waals surface area contributed by atoms with E-state index in [2.05, 4.69) is 20.6 Å². The Hall–Kier alpha value is -3.20. The SMILES string of the molecule is CCn1c(CNC(=O)c2nc(Cl)c(N)nc2N)[n+](C)c2ccc(C(=O)N[C@H]3CCOC3=O)cc21.[I-]. The summed E-state index contributed by atoms with van der Waals surface area (Å²) in [4.78, 5) is 44.8. The number of aromatic nitrogens is 4. The van der Waals surface area contributed by atoms with Gasteiger partial charge in [0.1, 0.15) is 12.6 Å². The first-order chi connectivity index (χ1) is 16.2. The fourth-order valence-electron chi connectivity index (χ4n) is 3.91. The van der Waals surface area contributed by atoms with E-state index in [1.54, 1.807) is 12.1 Å². The van der Waals surface area contributed by atoms with Crippen molar-refractivity contribution in [3.63, 3.8) is 0 Å². The Labute approximate surface area is 222 Å². The Morgan fingerprint density at radius 1 is 1.26 bits per heavy atom. The van der Waals surface area contributed by atoms with Crippen molar-refractivity contribution in [2.75, 3.05) is 18.1 Å². The number of hydrogen-bond acceptors (Lipinski definition) is 8. The lowest BCUT2D eigenvalue weighted by Gasteiger charge is -2.08. The molecule has 186 valence electrons. The number of carbonyl (C=O) groups excluding carboxylic acids is 3. The predicted molar refractivity (Wildman–Crippen MR) is 123 cm³/mol. The number of anilines is 2. The third-order valence-electron chi connectivity index (χ3n) is 5.67. The number of cyclic esters (lactones) is 1. The summed E-state index contributed by atoms with van der Waals surface area (Å²) in [5.41, 5.74) is 13.3. The molecule has 0 unspecified atom stereocenters. The Bertz CT molecular complexity index is 1330. The number of nitrogen functional groups attached to an aromatic ring is 2. The van der Waals surface area contributed by atoms with Gasteiger partial charge in [-0.3, -0.25) is 9.59 Å². The fourth-order valence-corrected chi connectivity index (χ4v) is 4.04. The number of hydrogen-bond donors (Lipinski definition) is 4. The molecular formula is C21H24ClIN8O4. The molecule has 3 aromatic rings. The Morgan fingerprint density at radius 3 is 2.66 bits per heavy atom. The minimum Gasteiger partial charge on any atom is -1.00 e. The van der Waals surface area contributed by atoms with E-state index in [0.29, 0.717) is 25.1 Å². The molecule has 2 aromatic heterocycles. The van der Waals surface area contributed by atoms with Gasteiger partial charge in [-0.15, -0.1) is 0 Å². The summed E-state index contributed by atoms with van der Waals surface area (Å²) in [5, 5.41) is 5.38. The number of nitrogens with one attached hydrogen (secondary N) is 2. The number of esters is 1. The second-order valence-corrected chi connectivity index (χ2v) is 8.08. The van der Waals surface area contributed by atoms with Crippen molar-refractivity contribution in [2.45, 2.75) is 32.5 Å². The molecule has 12 nitrogen and oxygen atoms in total. The molecule has 1 aliphatic heterocycles. The van der Waals surface area contributed by atoms with E-state index in [4.69, 9.17) is 27.8 Å². The number of benzene rings is 1. The Kier molecular flexibility index (Phi) is 8.00. The summed E-state index contributed by atoms with van der Waals surface area (Å²) in [6, 6.07) is 4.62. The van der Waals surface area contributed by atoms with Crippen LogP contribution in [0.2, 0.25) is 5.15 Å². The number of imidazole rings is 1. The van der Waals surface area contributed by atoms with Crippen molar-refractivity contribution in [3.8, 4) is 0 Å². The van der Waals surface area contributed by atoms with Gasteiger partial charge in [-0.2, -0.15) is 0 Å². The standard InChI is InChI=1S/C21H23ClN8O4.HI/c1-3-30-13-8-10(19(31)26-11-6-7-34-21(11)33)4-5-12(13)29(2)14(30)9-25-20(32)15-17(23)28-18(24)16(22)27-15;/h4-5,8,11H,3,6-7,9H2,1-2H3,(H5-,23,24,25,26,28,31,32);1H/t11-;/m0./s1. The number of rotatable bonds is 6. The summed E-state index contributed by atoms with van der Waals surface area (Å²) in [6.07, 6.45) is 0.449. The first-order valence-corrected chi connectivity index (χ1v) is 10.9. The van der Waals surface area contributed by atoms with Gasteiger partial charge in [-0.25, -0.2) is 23.9 Å². The van der Waals surface area contributed by atoms with Crippen LogP contribution in [0, 0.1) is 0 Å². The van der Waals surface area contributed by atoms with Crippen LogP contribution in [0.5, 0.6) is 0 Å². The first kappa shape index (κ1) is 26.4. The highest BCUT2D eigenvalue weighted by molar-refractivity contribution is 6.31. The second kappa shape index (κ2) is 10.6. The van der Waals surface area contributed by atoms with E-state index in [0.717, 1.165) is 16.9 Å². The van der Waals surface area contributed by atoms with Crippen molar-refractivity contribution >= 4 is 52.1 Å². The number of fused-ring (bicyclic) bond motifs is 1. The zero-order valence-corrected chi connectivity index (χ0v) is 21.9. The number of amides is 2. The molecule has 35 heavy (non-hydrogen) atoms. The van der Waals surface area contributed by atoms with Crippen LogP contribution in [-0.2, 0) is 29.7 Å². The van der Waals surface area contributed by atoms with Crippen molar-refractivity contribution in [3.05, 3.63) is 40.4 Å². The maximum atomic E-state index is 12.7. The largest absolute Gasteiger partial charge is 1.00 e. The third-order valence-corrected chi connectivity index (χ3v) is 5.95. The van der Waals surface area contributed by atoms with E-state index in [9.17, 15) is 14.4 Å². The first-order valence-electron chi connectivity index (χ1n) is 10.6. The average Bonchev–Trinajstić information content (AvgIpc) is 3.33. The van der Waals surface area contributed by atoms with Gasteiger partial charge >= 0.3 is 5.97 Å². The molecule has 1 atom stereocenters. The van der Waals surface area contributed by atoms with Crippen molar-refractivity contribution in [1.29, 1.82) is 0 Å². The van der Waals surface area contributed by atoms with Crippen LogP contribution in [0.25, 0.3) is 11.0 Å². The molecule has 0 spiro atoms. The van der Waals surface area contributed by atoms with Gasteiger partial charge in [0.25, 0.3) is 17.6 Å². The van der Waals surface area contributed by atoms with E-state index < -0.39 is 17.9 Å². The normalized spacial score (nSPS) is 14.9. The average molecular weight is 615 g/mol. The Morgan fingerprint density at radius 2 is 2.00 bits per heavy atom. The van der Waals surface area contributed by atoms with Crippen molar-refractivity contribution in [1.82, 2.24) is 25.2 Å². The van der Waals surface area contributed by atoms with Gasteiger partial charge in [0, 0.05) is 18.1 Å². The van der Waals surface area contributed by atoms with Gasteiger partial charge in [-0.05, 0) is 19.1 Å². The summed E-state index contributed by atoms with van der Waals surface area (Å²) in [5.74, 6) is -0.747. The maximum Gasteiger partial charge on any atom is 0.328 e. The summed E-state index contributed by atoms with van der Waals surface area (Å²) < 4.78 is 8.79. The van der Waals surface area contributed by atoms with Crippen LogP contribution >= 0.6 is 11.6 Å². The zero-order chi connectivity index (χ0) is 24.6. The molecule has 4 rings (SSSR count). The molecule has 3 heterocycles. The van der Waals surface area contributed by atoms with Crippen molar-refractivity contribution in [2.24, 2.45) is 7.05 Å². The third kappa shape index (κ3) is 5.10. The molecule has 0 bridgehead atoms. The highest BCUT2D eigenvalue weighted by Crippen LogP contribution is 2.19. The smallest absolute Gasteiger partial charge is 0.328 e. The van der Waals surface area contributed by atoms with E-state index >= 15 is 0 Å². The highest BCUT2D eigenvalue weighted by Gasteiger charge is 2.29. The summed E-state index contributed by atoms with van der Waals surface area (Å²) in [7, 11) is 1.86.